The summed E-state index contributed by atoms with van der Waals surface area (Å²) in [6.45, 7) is 1.97. The second kappa shape index (κ2) is 7.95. The lowest BCUT2D eigenvalue weighted by Gasteiger charge is -2.29. The molecule has 0 unspecified atom stereocenters. The number of rotatable bonds is 5. The molecule has 3 rings (SSSR count). The average molecular weight is 352 g/mol. The van der Waals surface area contributed by atoms with Crippen LogP contribution in [0.5, 0.6) is 5.75 Å². The van der Waals surface area contributed by atoms with Crippen LogP contribution in [0.4, 0.5) is 0 Å². The van der Waals surface area contributed by atoms with Gasteiger partial charge in [-0.1, -0.05) is 24.4 Å². The number of carbonyl (C=O) groups excluding carboxylic acids is 1. The predicted octanol–water partition coefficient (Wildman–Crippen LogP) is 3.05. The Bertz CT molecular complexity index is 848. The van der Waals surface area contributed by atoms with E-state index in [1.54, 1.807) is 11.0 Å². The summed E-state index contributed by atoms with van der Waals surface area (Å²) < 4.78 is 8.62. The Balaban J connectivity index is 1.66. The molecule has 1 fully saturated rings. The van der Waals surface area contributed by atoms with E-state index < -0.39 is 0 Å². The van der Waals surface area contributed by atoms with Crippen LogP contribution in [0.3, 0.4) is 0 Å². The van der Waals surface area contributed by atoms with Gasteiger partial charge >= 0.3 is 6.41 Å². The van der Waals surface area contributed by atoms with Gasteiger partial charge < -0.3 is 14.2 Å². The fraction of sp³-hybridized carbons (Fsp3) is 0.316. The highest BCUT2D eigenvalue weighted by Gasteiger charge is 2.19. The number of hydrogen-bond acceptors (Lipinski definition) is 4. The molecule has 1 saturated heterocycles. The van der Waals surface area contributed by atoms with Gasteiger partial charge in [0.2, 0.25) is 0 Å². The number of nitriles is 1. The summed E-state index contributed by atoms with van der Waals surface area (Å²) in [6.07, 6.45) is 5.54. The second-order valence-electron chi connectivity index (χ2n) is 6.04. The maximum Gasteiger partial charge on any atom is 0.312 e. The van der Waals surface area contributed by atoms with Crippen molar-refractivity contribution >= 4 is 18.6 Å². The van der Waals surface area contributed by atoms with E-state index in [1.165, 1.54) is 0 Å². The van der Waals surface area contributed by atoms with E-state index in [1.807, 2.05) is 47.5 Å². The molecule has 0 saturated carbocycles. The van der Waals surface area contributed by atoms with Gasteiger partial charge in [-0.15, -0.1) is 0 Å². The summed E-state index contributed by atoms with van der Waals surface area (Å²) in [5.74, 6) is 0.751. The lowest BCUT2D eigenvalue weighted by atomic mass is 10.1. The molecule has 1 aliphatic heterocycles. The standard InChI is InChI=1S/C19H18N3O2S/c20-12-15-2-1-3-16(10-15)13-22-9-6-18(11-19(22)25)24-17-4-7-21(14-23)8-5-17/h1-3,6,9-11,17H,4-5,7-8,13H2. The topological polar surface area (TPSA) is 58.3 Å². The third-order valence-corrected chi connectivity index (χ3v) is 4.60. The molecule has 1 amide bonds. The number of benzene rings is 1. The molecular weight excluding hydrogens is 334 g/mol. The Labute approximate surface area is 152 Å². The third-order valence-electron chi connectivity index (χ3n) is 4.25. The third kappa shape index (κ3) is 4.46. The SMILES string of the molecule is N#Cc1cccc(Cn2ccc(OC3CCN([C]=O)CC3)cc2=S)c1. The first-order chi connectivity index (χ1) is 12.2. The molecule has 0 spiro atoms. The molecule has 25 heavy (non-hydrogen) atoms. The van der Waals surface area contributed by atoms with Crippen molar-refractivity contribution in [1.29, 1.82) is 5.26 Å². The van der Waals surface area contributed by atoms with Gasteiger partial charge in [0.1, 0.15) is 16.5 Å². The van der Waals surface area contributed by atoms with Crippen LogP contribution in [-0.2, 0) is 11.3 Å². The maximum atomic E-state index is 10.6. The van der Waals surface area contributed by atoms with Gasteiger partial charge in [0, 0.05) is 44.7 Å². The van der Waals surface area contributed by atoms with E-state index in [9.17, 15) is 4.79 Å². The Kier molecular flexibility index (Phi) is 5.46. The largest absolute Gasteiger partial charge is 0.490 e. The quantitative estimate of drug-likeness (QED) is 0.776. The molecule has 5 nitrogen and oxygen atoms in total. The van der Waals surface area contributed by atoms with E-state index in [-0.39, 0.29) is 6.10 Å². The van der Waals surface area contributed by atoms with Crippen LogP contribution >= 0.6 is 12.2 Å². The number of nitrogens with zero attached hydrogens (tertiary/aromatic N) is 3. The van der Waals surface area contributed by atoms with Crippen molar-refractivity contribution in [1.82, 2.24) is 9.47 Å². The normalized spacial score (nSPS) is 14.8. The zero-order valence-corrected chi connectivity index (χ0v) is 14.5. The molecule has 1 aromatic heterocycles. The number of amides is 1. The molecular formula is C19H18N3O2S. The van der Waals surface area contributed by atoms with Crippen molar-refractivity contribution in [3.63, 3.8) is 0 Å². The summed E-state index contributed by atoms with van der Waals surface area (Å²) in [5, 5.41) is 8.99. The lowest BCUT2D eigenvalue weighted by molar-refractivity contribution is 0.129. The first-order valence-electron chi connectivity index (χ1n) is 8.17. The van der Waals surface area contributed by atoms with Gasteiger partial charge in [0.15, 0.2) is 0 Å². The zero-order valence-electron chi connectivity index (χ0n) is 13.7. The number of pyridine rings is 1. The summed E-state index contributed by atoms with van der Waals surface area (Å²) in [4.78, 5) is 12.3. The monoisotopic (exact) mass is 352 g/mol. The maximum absolute atomic E-state index is 10.6. The fourth-order valence-electron chi connectivity index (χ4n) is 2.89. The van der Waals surface area contributed by atoms with Gasteiger partial charge in [0.05, 0.1) is 11.6 Å². The Morgan fingerprint density at radius 3 is 2.72 bits per heavy atom. The lowest BCUT2D eigenvalue weighted by Crippen LogP contribution is -2.37. The first-order valence-corrected chi connectivity index (χ1v) is 8.57. The van der Waals surface area contributed by atoms with Crippen molar-refractivity contribution in [3.05, 3.63) is 58.4 Å². The first kappa shape index (κ1) is 17.2. The highest BCUT2D eigenvalue weighted by atomic mass is 32.1. The average Bonchev–Trinajstić information content (AvgIpc) is 2.65. The molecule has 0 aliphatic carbocycles. The van der Waals surface area contributed by atoms with Crippen LogP contribution in [0, 0.1) is 16.0 Å². The van der Waals surface area contributed by atoms with Gasteiger partial charge in [-0.05, 0) is 23.8 Å². The summed E-state index contributed by atoms with van der Waals surface area (Å²) in [5.41, 5.74) is 1.67. The summed E-state index contributed by atoms with van der Waals surface area (Å²) >= 11 is 5.46. The highest BCUT2D eigenvalue weighted by molar-refractivity contribution is 7.71. The van der Waals surface area contributed by atoms with Crippen LogP contribution in [0.25, 0.3) is 0 Å². The Hall–Kier alpha value is -2.65. The van der Waals surface area contributed by atoms with E-state index in [0.717, 1.165) is 24.2 Å². The molecule has 2 aromatic rings. The van der Waals surface area contributed by atoms with Crippen molar-refractivity contribution in [2.75, 3.05) is 13.1 Å². The van der Waals surface area contributed by atoms with Crippen LogP contribution in [-0.4, -0.2) is 35.1 Å². The second-order valence-corrected chi connectivity index (χ2v) is 6.45. The van der Waals surface area contributed by atoms with Crippen molar-refractivity contribution < 1.29 is 9.53 Å². The molecule has 127 valence electrons. The van der Waals surface area contributed by atoms with E-state index in [2.05, 4.69) is 6.07 Å². The van der Waals surface area contributed by atoms with Gasteiger partial charge in [-0.25, -0.2) is 0 Å². The van der Waals surface area contributed by atoms with Crippen molar-refractivity contribution in [3.8, 4) is 11.8 Å². The van der Waals surface area contributed by atoms with Gasteiger partial charge in [-0.2, -0.15) is 5.26 Å². The van der Waals surface area contributed by atoms with E-state index >= 15 is 0 Å². The molecule has 0 bridgehead atoms. The minimum atomic E-state index is 0.0992. The Morgan fingerprint density at radius 1 is 1.24 bits per heavy atom. The number of hydrogen-bond donors (Lipinski definition) is 0. The molecule has 0 N–H and O–H groups in total. The van der Waals surface area contributed by atoms with Crippen LogP contribution in [0.1, 0.15) is 24.0 Å². The minimum Gasteiger partial charge on any atom is -0.490 e. The summed E-state index contributed by atoms with van der Waals surface area (Å²) in [6, 6.07) is 13.4. The Morgan fingerprint density at radius 2 is 2.04 bits per heavy atom. The summed E-state index contributed by atoms with van der Waals surface area (Å²) in [7, 11) is 0. The molecule has 0 atom stereocenters. The van der Waals surface area contributed by atoms with E-state index in [0.29, 0.717) is 29.8 Å². The van der Waals surface area contributed by atoms with Gasteiger partial charge in [0.25, 0.3) is 0 Å². The minimum absolute atomic E-state index is 0.0992. The predicted molar refractivity (Wildman–Crippen MR) is 96.4 cm³/mol. The van der Waals surface area contributed by atoms with Crippen LogP contribution < -0.4 is 4.74 Å². The molecule has 6 heteroatoms. The van der Waals surface area contributed by atoms with Crippen LogP contribution in [0.2, 0.25) is 0 Å². The smallest absolute Gasteiger partial charge is 0.312 e. The number of piperidine rings is 1. The molecule has 1 aliphatic rings. The number of likely N-dealkylation sites (tertiary alicyclic amines) is 1. The number of aromatic nitrogens is 1. The van der Waals surface area contributed by atoms with Crippen molar-refractivity contribution in [2.45, 2.75) is 25.5 Å². The zero-order chi connectivity index (χ0) is 17.6. The van der Waals surface area contributed by atoms with Crippen LogP contribution in [0.15, 0.2) is 42.6 Å². The van der Waals surface area contributed by atoms with Gasteiger partial charge in [-0.3, -0.25) is 4.79 Å². The molecule has 2 heterocycles. The van der Waals surface area contributed by atoms with E-state index in [4.69, 9.17) is 22.2 Å². The molecule has 1 radical (unpaired) electrons. The van der Waals surface area contributed by atoms with Crippen molar-refractivity contribution in [2.24, 2.45) is 0 Å². The fourth-order valence-corrected chi connectivity index (χ4v) is 3.13. The number of ether oxygens (including phenoxy) is 1. The highest BCUT2D eigenvalue weighted by Crippen LogP contribution is 2.19. The molecule has 1 aromatic carbocycles.